The molecule has 2 aromatic rings. The van der Waals surface area contributed by atoms with Crippen molar-refractivity contribution in [2.45, 2.75) is 20.0 Å². The second-order valence-electron chi connectivity index (χ2n) is 3.70. The van der Waals surface area contributed by atoms with Crippen molar-refractivity contribution in [2.24, 2.45) is 0 Å². The molecule has 0 fully saturated rings. The number of nitrogens with one attached hydrogen (secondary N) is 1. The molecule has 5 heteroatoms. The van der Waals surface area contributed by atoms with Gasteiger partial charge in [-0.3, -0.25) is 0 Å². The van der Waals surface area contributed by atoms with E-state index >= 15 is 0 Å². The minimum absolute atomic E-state index is 0.831. The number of fused-ring (bicyclic) bond motifs is 1. The summed E-state index contributed by atoms with van der Waals surface area (Å²) in [6.45, 7) is 4.92. The van der Waals surface area contributed by atoms with E-state index in [0.717, 1.165) is 31.3 Å². The number of nitrogens with zero attached hydrogens (tertiary/aromatic N) is 3. The molecule has 1 aliphatic heterocycles. The quantitative estimate of drug-likeness (QED) is 0.790. The van der Waals surface area contributed by atoms with E-state index in [0.29, 0.717) is 0 Å². The van der Waals surface area contributed by atoms with Crippen LogP contribution < -0.4 is 5.32 Å². The van der Waals surface area contributed by atoms with Crippen LogP contribution in [-0.4, -0.2) is 21.3 Å². The summed E-state index contributed by atoms with van der Waals surface area (Å²) < 4.78 is 2.22. The van der Waals surface area contributed by atoms with Crippen LogP contribution in [0, 0.1) is 6.92 Å². The van der Waals surface area contributed by atoms with Gasteiger partial charge in [-0.2, -0.15) is 0 Å². The SMILES string of the molecule is Cc1ccsc1-c1nnc2n1CCNC2. The number of hydrogen-bond acceptors (Lipinski definition) is 4. The van der Waals surface area contributed by atoms with Gasteiger partial charge in [-0.05, 0) is 23.9 Å². The van der Waals surface area contributed by atoms with Crippen molar-refractivity contribution in [3.05, 3.63) is 22.8 Å². The van der Waals surface area contributed by atoms with Gasteiger partial charge in [0.1, 0.15) is 5.82 Å². The second-order valence-corrected chi connectivity index (χ2v) is 4.62. The zero-order valence-corrected chi connectivity index (χ0v) is 9.34. The maximum Gasteiger partial charge on any atom is 0.174 e. The van der Waals surface area contributed by atoms with Crippen molar-refractivity contribution in [1.82, 2.24) is 20.1 Å². The molecule has 15 heavy (non-hydrogen) atoms. The van der Waals surface area contributed by atoms with Crippen molar-refractivity contribution in [3.8, 4) is 10.7 Å². The van der Waals surface area contributed by atoms with Gasteiger partial charge >= 0.3 is 0 Å². The predicted molar refractivity (Wildman–Crippen MR) is 59.8 cm³/mol. The molecular formula is C10H12N4S. The summed E-state index contributed by atoms with van der Waals surface area (Å²) in [6.07, 6.45) is 0. The molecule has 0 bridgehead atoms. The van der Waals surface area contributed by atoms with Gasteiger partial charge in [0.15, 0.2) is 5.82 Å². The molecule has 3 heterocycles. The normalized spacial score (nSPS) is 15.3. The maximum atomic E-state index is 4.28. The van der Waals surface area contributed by atoms with Gasteiger partial charge in [0.25, 0.3) is 0 Å². The lowest BCUT2D eigenvalue weighted by Crippen LogP contribution is -2.28. The van der Waals surface area contributed by atoms with Crippen molar-refractivity contribution >= 4 is 11.3 Å². The van der Waals surface area contributed by atoms with Crippen LogP contribution in [0.2, 0.25) is 0 Å². The Morgan fingerprint density at radius 2 is 2.40 bits per heavy atom. The highest BCUT2D eigenvalue weighted by Gasteiger charge is 2.18. The monoisotopic (exact) mass is 220 g/mol. The Hall–Kier alpha value is -1.20. The van der Waals surface area contributed by atoms with Crippen LogP contribution in [0.4, 0.5) is 0 Å². The number of rotatable bonds is 1. The minimum Gasteiger partial charge on any atom is -0.308 e. The lowest BCUT2D eigenvalue weighted by Gasteiger charge is -2.15. The second kappa shape index (κ2) is 3.43. The van der Waals surface area contributed by atoms with Crippen molar-refractivity contribution in [1.29, 1.82) is 0 Å². The highest BCUT2D eigenvalue weighted by Crippen LogP contribution is 2.28. The highest BCUT2D eigenvalue weighted by molar-refractivity contribution is 7.13. The smallest absolute Gasteiger partial charge is 0.174 e. The average molecular weight is 220 g/mol. The zero-order chi connectivity index (χ0) is 10.3. The molecule has 78 valence electrons. The lowest BCUT2D eigenvalue weighted by molar-refractivity contribution is 0.508. The van der Waals surface area contributed by atoms with Crippen LogP contribution >= 0.6 is 11.3 Å². The fourth-order valence-corrected chi connectivity index (χ4v) is 2.78. The van der Waals surface area contributed by atoms with E-state index in [9.17, 15) is 0 Å². The lowest BCUT2D eigenvalue weighted by atomic mass is 10.3. The van der Waals surface area contributed by atoms with Crippen molar-refractivity contribution in [3.63, 3.8) is 0 Å². The molecule has 0 aromatic carbocycles. The summed E-state index contributed by atoms with van der Waals surface area (Å²) in [4.78, 5) is 1.25. The topological polar surface area (TPSA) is 42.7 Å². The summed E-state index contributed by atoms with van der Waals surface area (Å²) in [5.41, 5.74) is 1.29. The largest absolute Gasteiger partial charge is 0.308 e. The number of hydrogen-bond donors (Lipinski definition) is 1. The third-order valence-corrected chi connectivity index (χ3v) is 3.70. The third-order valence-electron chi connectivity index (χ3n) is 2.69. The van der Waals surface area contributed by atoms with Gasteiger partial charge in [0.05, 0.1) is 11.4 Å². The molecule has 0 aliphatic carbocycles. The molecule has 1 N–H and O–H groups in total. The first-order chi connectivity index (χ1) is 7.36. The molecule has 0 unspecified atom stereocenters. The van der Waals surface area contributed by atoms with Gasteiger partial charge in [-0.25, -0.2) is 0 Å². The predicted octanol–water partition coefficient (Wildman–Crippen LogP) is 1.42. The standard InChI is InChI=1S/C10H12N4S/c1-7-2-5-15-9(7)10-13-12-8-6-11-3-4-14(8)10/h2,5,11H,3-4,6H2,1H3. The molecule has 0 saturated carbocycles. The molecule has 0 saturated heterocycles. The Morgan fingerprint density at radius 3 is 3.20 bits per heavy atom. The average Bonchev–Trinajstić information content (AvgIpc) is 2.83. The molecule has 2 aromatic heterocycles. The van der Waals surface area contributed by atoms with E-state index < -0.39 is 0 Å². The molecule has 1 aliphatic rings. The summed E-state index contributed by atoms with van der Waals surface area (Å²) in [7, 11) is 0. The maximum absolute atomic E-state index is 4.28. The Morgan fingerprint density at radius 1 is 1.47 bits per heavy atom. The number of thiophene rings is 1. The van der Waals surface area contributed by atoms with E-state index in [1.807, 2.05) is 0 Å². The Bertz CT molecular complexity index is 485. The summed E-state index contributed by atoms with van der Waals surface area (Å²) in [6, 6.07) is 2.13. The van der Waals surface area contributed by atoms with Crippen LogP contribution in [0.5, 0.6) is 0 Å². The fourth-order valence-electron chi connectivity index (χ4n) is 1.86. The van der Waals surface area contributed by atoms with E-state index in [2.05, 4.69) is 38.5 Å². The van der Waals surface area contributed by atoms with E-state index in [4.69, 9.17) is 0 Å². The number of aryl methyl sites for hydroxylation is 1. The summed E-state index contributed by atoms with van der Waals surface area (Å²) in [5.74, 6) is 2.07. The molecule has 0 radical (unpaired) electrons. The van der Waals surface area contributed by atoms with Crippen molar-refractivity contribution in [2.75, 3.05) is 6.54 Å². The van der Waals surface area contributed by atoms with Gasteiger partial charge in [-0.1, -0.05) is 0 Å². The van der Waals surface area contributed by atoms with Crippen LogP contribution in [0.1, 0.15) is 11.4 Å². The molecule has 0 spiro atoms. The Kier molecular flexibility index (Phi) is 2.07. The zero-order valence-electron chi connectivity index (χ0n) is 8.53. The van der Waals surface area contributed by atoms with Gasteiger partial charge in [-0.15, -0.1) is 21.5 Å². The minimum atomic E-state index is 0.831. The van der Waals surface area contributed by atoms with Gasteiger partial charge in [0, 0.05) is 13.1 Å². The van der Waals surface area contributed by atoms with E-state index in [1.165, 1.54) is 10.4 Å². The van der Waals surface area contributed by atoms with Crippen LogP contribution in [0.15, 0.2) is 11.4 Å². The van der Waals surface area contributed by atoms with Gasteiger partial charge in [0.2, 0.25) is 0 Å². The Labute approximate surface area is 92.0 Å². The molecule has 3 rings (SSSR count). The summed E-state index contributed by atoms with van der Waals surface area (Å²) in [5, 5.41) is 13.9. The van der Waals surface area contributed by atoms with Crippen LogP contribution in [0.3, 0.4) is 0 Å². The Balaban J connectivity index is 2.13. The molecule has 4 nitrogen and oxygen atoms in total. The summed E-state index contributed by atoms with van der Waals surface area (Å²) >= 11 is 1.74. The fraction of sp³-hybridized carbons (Fsp3) is 0.400. The first-order valence-electron chi connectivity index (χ1n) is 5.03. The number of aromatic nitrogens is 3. The van der Waals surface area contributed by atoms with Gasteiger partial charge < -0.3 is 9.88 Å². The van der Waals surface area contributed by atoms with Crippen molar-refractivity contribution < 1.29 is 0 Å². The van der Waals surface area contributed by atoms with Crippen LogP contribution in [0.25, 0.3) is 10.7 Å². The van der Waals surface area contributed by atoms with E-state index in [1.54, 1.807) is 11.3 Å². The van der Waals surface area contributed by atoms with E-state index in [-0.39, 0.29) is 0 Å². The first-order valence-corrected chi connectivity index (χ1v) is 5.91. The molecule has 0 amide bonds. The third kappa shape index (κ3) is 1.39. The first kappa shape index (κ1) is 9.06. The highest BCUT2D eigenvalue weighted by atomic mass is 32.1. The molecular weight excluding hydrogens is 208 g/mol. The molecule has 0 atom stereocenters. The van der Waals surface area contributed by atoms with Crippen LogP contribution in [-0.2, 0) is 13.1 Å².